The maximum Gasteiger partial charge on any atom is 0.474 e. The Hall–Kier alpha value is -0.420. The third kappa shape index (κ3) is 6.10. The second-order valence-corrected chi connectivity index (χ2v) is 4.31. The molecule has 0 aliphatic carbocycles. The van der Waals surface area contributed by atoms with Gasteiger partial charge in [-0.2, -0.15) is 0 Å². The number of amides is 1. The van der Waals surface area contributed by atoms with E-state index < -0.39 is 7.82 Å². The number of carbonyl (C=O) groups is 1. The molecule has 0 atom stereocenters. The number of phosphoric acid groups is 1. The van der Waals surface area contributed by atoms with Gasteiger partial charge in [-0.3, -0.25) is 18.4 Å². The number of nitrogens with one attached hydrogen (secondary N) is 1. The van der Waals surface area contributed by atoms with E-state index in [1.807, 2.05) is 0 Å². The number of hydrogen-bond acceptors (Lipinski definition) is 5. The Balaban J connectivity index is 3.43. The molecule has 1 amide bonds. The van der Waals surface area contributed by atoms with E-state index >= 15 is 0 Å². The predicted octanol–water partition coefficient (Wildman–Crippen LogP) is 0.930. The third-order valence-electron chi connectivity index (χ3n) is 1.50. The summed E-state index contributed by atoms with van der Waals surface area (Å²) in [6, 6.07) is 0. The van der Waals surface area contributed by atoms with Crippen molar-refractivity contribution in [1.82, 2.24) is 5.32 Å². The fourth-order valence-corrected chi connectivity index (χ4v) is 1.46. The summed E-state index contributed by atoms with van der Waals surface area (Å²) in [6.45, 7) is 0.858. The first kappa shape index (κ1) is 13.6. The topological polar surface area (TPSA) is 73.9 Å². The highest BCUT2D eigenvalue weighted by Crippen LogP contribution is 2.47. The predicted molar refractivity (Wildman–Crippen MR) is 50.9 cm³/mol. The largest absolute Gasteiger partial charge is 0.474 e. The first-order valence-corrected chi connectivity index (χ1v) is 5.67. The average Bonchev–Trinajstić information content (AvgIpc) is 2.23. The standard InChI is InChI=1S/C7H16NO5P/c1-11-14(10,12-2)13-6-4-3-5-8-7-9/h7H,3-6H2,1-2H3,(H,8,9). The van der Waals surface area contributed by atoms with Crippen molar-refractivity contribution in [2.45, 2.75) is 12.8 Å². The summed E-state index contributed by atoms with van der Waals surface area (Å²) in [7, 11) is -0.802. The van der Waals surface area contributed by atoms with Gasteiger partial charge in [0.15, 0.2) is 0 Å². The number of carbonyl (C=O) groups excluding carboxylic acids is 1. The molecule has 0 aromatic rings. The molecular weight excluding hydrogens is 209 g/mol. The summed E-state index contributed by atoms with van der Waals surface area (Å²) < 4.78 is 25.3. The van der Waals surface area contributed by atoms with Crippen molar-refractivity contribution in [3.05, 3.63) is 0 Å². The minimum absolute atomic E-state index is 0.277. The molecule has 0 fully saturated rings. The van der Waals surface area contributed by atoms with Gasteiger partial charge >= 0.3 is 7.82 Å². The van der Waals surface area contributed by atoms with Crippen LogP contribution in [-0.2, 0) is 22.9 Å². The fourth-order valence-electron chi connectivity index (χ4n) is 0.744. The molecule has 0 heterocycles. The molecule has 0 aromatic heterocycles. The Morgan fingerprint density at radius 3 is 2.43 bits per heavy atom. The van der Waals surface area contributed by atoms with Crippen LogP contribution in [0, 0.1) is 0 Å². The van der Waals surface area contributed by atoms with Gasteiger partial charge in [0.1, 0.15) is 0 Å². The van der Waals surface area contributed by atoms with Crippen LogP contribution in [0.1, 0.15) is 12.8 Å². The minimum Gasteiger partial charge on any atom is -0.359 e. The van der Waals surface area contributed by atoms with E-state index in [2.05, 4.69) is 14.4 Å². The summed E-state index contributed by atoms with van der Waals surface area (Å²) in [5, 5.41) is 2.51. The summed E-state index contributed by atoms with van der Waals surface area (Å²) in [5.41, 5.74) is 0. The van der Waals surface area contributed by atoms with Crippen LogP contribution in [0.3, 0.4) is 0 Å². The monoisotopic (exact) mass is 225 g/mol. The highest BCUT2D eigenvalue weighted by atomic mass is 31.2. The van der Waals surface area contributed by atoms with Crippen molar-refractivity contribution in [3.8, 4) is 0 Å². The van der Waals surface area contributed by atoms with Crippen LogP contribution < -0.4 is 5.32 Å². The molecule has 1 N–H and O–H groups in total. The van der Waals surface area contributed by atoms with Gasteiger partial charge in [0, 0.05) is 20.8 Å². The summed E-state index contributed by atoms with van der Waals surface area (Å²) in [6.07, 6.45) is 2.07. The zero-order valence-electron chi connectivity index (χ0n) is 8.39. The zero-order chi connectivity index (χ0) is 10.9. The van der Waals surface area contributed by atoms with Gasteiger partial charge in [0.25, 0.3) is 0 Å². The lowest BCUT2D eigenvalue weighted by atomic mass is 10.3. The first-order valence-electron chi connectivity index (χ1n) is 4.21. The highest BCUT2D eigenvalue weighted by molar-refractivity contribution is 7.48. The van der Waals surface area contributed by atoms with Crippen LogP contribution >= 0.6 is 7.82 Å². The molecular formula is C7H16NO5P. The van der Waals surface area contributed by atoms with Gasteiger partial charge in [-0.05, 0) is 12.8 Å². The van der Waals surface area contributed by atoms with Crippen molar-refractivity contribution in [1.29, 1.82) is 0 Å². The van der Waals surface area contributed by atoms with Crippen molar-refractivity contribution in [2.75, 3.05) is 27.4 Å². The number of hydrogen-bond donors (Lipinski definition) is 1. The normalized spacial score (nSPS) is 11.3. The van der Waals surface area contributed by atoms with E-state index in [1.54, 1.807) is 0 Å². The van der Waals surface area contributed by atoms with Crippen LogP contribution in [-0.4, -0.2) is 33.8 Å². The smallest absolute Gasteiger partial charge is 0.359 e. The molecule has 0 aliphatic heterocycles. The first-order chi connectivity index (χ1) is 6.68. The molecule has 0 spiro atoms. The van der Waals surface area contributed by atoms with Gasteiger partial charge in [-0.1, -0.05) is 0 Å². The van der Waals surface area contributed by atoms with E-state index in [0.717, 1.165) is 6.42 Å². The van der Waals surface area contributed by atoms with Gasteiger partial charge < -0.3 is 5.32 Å². The van der Waals surface area contributed by atoms with Crippen molar-refractivity contribution in [2.24, 2.45) is 0 Å². The molecule has 0 saturated carbocycles. The van der Waals surface area contributed by atoms with E-state index in [1.165, 1.54) is 14.2 Å². The van der Waals surface area contributed by atoms with Crippen molar-refractivity contribution < 1.29 is 22.9 Å². The van der Waals surface area contributed by atoms with E-state index in [-0.39, 0.29) is 6.61 Å². The molecule has 7 heteroatoms. The van der Waals surface area contributed by atoms with Crippen molar-refractivity contribution in [3.63, 3.8) is 0 Å². The molecule has 0 bridgehead atoms. The SMILES string of the molecule is COP(=O)(OC)OCCCCNC=O. The van der Waals surface area contributed by atoms with Crippen LogP contribution in [0.5, 0.6) is 0 Å². The Bertz CT molecular complexity index is 191. The molecule has 0 rings (SSSR count). The lowest BCUT2D eigenvalue weighted by Crippen LogP contribution is -2.12. The number of rotatable bonds is 9. The van der Waals surface area contributed by atoms with Gasteiger partial charge in [0.05, 0.1) is 6.61 Å². The van der Waals surface area contributed by atoms with Crippen LogP contribution in [0.4, 0.5) is 0 Å². The summed E-state index contributed by atoms with van der Waals surface area (Å²) in [4.78, 5) is 9.86. The Morgan fingerprint density at radius 2 is 1.93 bits per heavy atom. The summed E-state index contributed by atoms with van der Waals surface area (Å²) >= 11 is 0. The molecule has 84 valence electrons. The quantitative estimate of drug-likeness (QED) is 0.359. The molecule has 0 aliphatic rings. The molecule has 0 saturated heterocycles. The highest BCUT2D eigenvalue weighted by Gasteiger charge is 2.21. The van der Waals surface area contributed by atoms with E-state index in [0.29, 0.717) is 19.4 Å². The van der Waals surface area contributed by atoms with Crippen LogP contribution in [0.15, 0.2) is 0 Å². The van der Waals surface area contributed by atoms with Crippen LogP contribution in [0.25, 0.3) is 0 Å². The lowest BCUT2D eigenvalue weighted by molar-refractivity contribution is -0.109. The third-order valence-corrected chi connectivity index (χ3v) is 2.89. The average molecular weight is 225 g/mol. The number of unbranched alkanes of at least 4 members (excludes halogenated alkanes) is 1. The minimum atomic E-state index is -3.33. The maximum absolute atomic E-state index is 11.3. The molecule has 0 aromatic carbocycles. The van der Waals surface area contributed by atoms with Gasteiger partial charge in [-0.25, -0.2) is 4.57 Å². The second kappa shape index (κ2) is 7.94. The fraction of sp³-hybridized carbons (Fsp3) is 0.857. The van der Waals surface area contributed by atoms with Crippen LogP contribution in [0.2, 0.25) is 0 Å². The zero-order valence-corrected chi connectivity index (χ0v) is 9.29. The van der Waals surface area contributed by atoms with Gasteiger partial charge in [0.2, 0.25) is 6.41 Å². The van der Waals surface area contributed by atoms with Gasteiger partial charge in [-0.15, -0.1) is 0 Å². The lowest BCUT2D eigenvalue weighted by Gasteiger charge is -2.12. The molecule has 6 nitrogen and oxygen atoms in total. The van der Waals surface area contributed by atoms with E-state index in [4.69, 9.17) is 4.52 Å². The Kier molecular flexibility index (Phi) is 7.70. The summed E-state index contributed by atoms with van der Waals surface area (Å²) in [5.74, 6) is 0. The molecule has 14 heavy (non-hydrogen) atoms. The molecule has 0 unspecified atom stereocenters. The second-order valence-electron chi connectivity index (χ2n) is 2.42. The van der Waals surface area contributed by atoms with Crippen molar-refractivity contribution >= 4 is 14.2 Å². The number of phosphoric ester groups is 1. The maximum atomic E-state index is 11.3. The Labute approximate surface area is 83.5 Å². The molecule has 0 radical (unpaired) electrons. The van der Waals surface area contributed by atoms with E-state index in [9.17, 15) is 9.36 Å². The Morgan fingerprint density at radius 1 is 1.29 bits per heavy atom.